The molecule has 5 N–H and O–H groups in total. The highest BCUT2D eigenvalue weighted by Crippen LogP contribution is 2.32. The zero-order chi connectivity index (χ0) is 28.7. The fraction of sp³-hybridized carbons (Fsp3) is 0.310. The molecule has 11 heteroatoms. The molecule has 0 aliphatic rings. The second kappa shape index (κ2) is 13.3. The minimum Gasteiger partial charge on any atom is -0.497 e. The molecule has 4 aromatic rings. The molecule has 0 saturated carbocycles. The predicted molar refractivity (Wildman–Crippen MR) is 159 cm³/mol. The summed E-state index contributed by atoms with van der Waals surface area (Å²) in [6.45, 7) is 1.15. The lowest BCUT2D eigenvalue weighted by Crippen LogP contribution is -2.32. The second-order valence-electron chi connectivity index (χ2n) is 9.52. The number of sulfonamides is 1. The van der Waals surface area contributed by atoms with Crippen molar-refractivity contribution in [1.82, 2.24) is 14.6 Å². The number of carbonyl (C=O) groups is 1. The van der Waals surface area contributed by atoms with E-state index >= 15 is 0 Å². The lowest BCUT2D eigenvalue weighted by molar-refractivity contribution is 0.0798. The topological polar surface area (TPSA) is 141 Å². The van der Waals surface area contributed by atoms with Crippen LogP contribution in [0, 0.1) is 0 Å². The molecule has 0 aliphatic heterocycles. The summed E-state index contributed by atoms with van der Waals surface area (Å²) in [7, 11) is -0.739. The summed E-state index contributed by atoms with van der Waals surface area (Å²) in [5, 5.41) is 0.664. The van der Waals surface area contributed by atoms with Gasteiger partial charge in [0.15, 0.2) is 0 Å². The third-order valence-electron chi connectivity index (χ3n) is 6.60. The Labute approximate surface area is 239 Å². The Morgan fingerprint density at radius 3 is 2.60 bits per heavy atom. The van der Waals surface area contributed by atoms with E-state index < -0.39 is 16.1 Å². The van der Waals surface area contributed by atoms with Crippen LogP contribution >= 0.6 is 11.3 Å². The first kappa shape index (κ1) is 29.6. The van der Waals surface area contributed by atoms with E-state index in [0.29, 0.717) is 36.8 Å². The minimum absolute atomic E-state index is 0.0166. The number of hydrogen-bond acceptors (Lipinski definition) is 8. The highest BCUT2D eigenvalue weighted by Gasteiger charge is 2.25. The SMILES string of the molecule is COc1ccc2nc(C(CCCc3cccc(CN)c3)NS(=O)(=O)c3cccc(C(=O)N(C)CCN)c3)sc2c1. The van der Waals surface area contributed by atoms with Crippen molar-refractivity contribution >= 4 is 37.5 Å². The molecular weight excluding hydrogens is 546 g/mol. The quantitative estimate of drug-likeness (QED) is 0.218. The third-order valence-corrected chi connectivity index (χ3v) is 9.20. The van der Waals surface area contributed by atoms with E-state index in [9.17, 15) is 13.2 Å². The number of nitrogens with zero attached hydrogens (tertiary/aromatic N) is 2. The zero-order valence-corrected chi connectivity index (χ0v) is 24.3. The first-order valence-corrected chi connectivity index (χ1v) is 15.3. The minimum atomic E-state index is -3.98. The number of nitrogens with one attached hydrogen (secondary N) is 1. The van der Waals surface area contributed by atoms with Gasteiger partial charge in [0, 0.05) is 32.2 Å². The van der Waals surface area contributed by atoms with Crippen LogP contribution < -0.4 is 20.9 Å². The third kappa shape index (κ3) is 7.23. The van der Waals surface area contributed by atoms with Crippen LogP contribution in [0.3, 0.4) is 0 Å². The van der Waals surface area contributed by atoms with Gasteiger partial charge in [0.05, 0.1) is 28.3 Å². The van der Waals surface area contributed by atoms with Gasteiger partial charge in [-0.2, -0.15) is 0 Å². The van der Waals surface area contributed by atoms with Crippen LogP contribution in [0.4, 0.5) is 0 Å². The molecule has 0 radical (unpaired) electrons. The Hall–Kier alpha value is -3.35. The molecule has 1 heterocycles. The molecular formula is C29H35N5O4S2. The van der Waals surface area contributed by atoms with E-state index in [4.69, 9.17) is 21.2 Å². The smallest absolute Gasteiger partial charge is 0.253 e. The van der Waals surface area contributed by atoms with Gasteiger partial charge in [-0.3, -0.25) is 4.79 Å². The van der Waals surface area contributed by atoms with Crippen molar-refractivity contribution in [2.24, 2.45) is 11.5 Å². The van der Waals surface area contributed by atoms with Crippen molar-refractivity contribution < 1.29 is 17.9 Å². The van der Waals surface area contributed by atoms with Crippen LogP contribution in [-0.4, -0.2) is 51.5 Å². The Bertz CT molecular complexity index is 1570. The van der Waals surface area contributed by atoms with Crippen LogP contribution in [0.2, 0.25) is 0 Å². The number of aromatic nitrogens is 1. The normalized spacial score (nSPS) is 12.4. The number of benzene rings is 3. The number of likely N-dealkylation sites (N-methyl/N-ethyl adjacent to an activating group) is 1. The van der Waals surface area contributed by atoms with Crippen molar-refractivity contribution in [3.63, 3.8) is 0 Å². The summed E-state index contributed by atoms with van der Waals surface area (Å²) in [5.74, 6) is 0.416. The molecule has 1 amide bonds. The van der Waals surface area contributed by atoms with Gasteiger partial charge in [-0.25, -0.2) is 18.1 Å². The lowest BCUT2D eigenvalue weighted by Gasteiger charge is -2.18. The number of amides is 1. The van der Waals surface area contributed by atoms with Gasteiger partial charge in [-0.15, -0.1) is 11.3 Å². The Morgan fingerprint density at radius 1 is 1.07 bits per heavy atom. The first-order chi connectivity index (χ1) is 19.2. The highest BCUT2D eigenvalue weighted by molar-refractivity contribution is 7.89. The van der Waals surface area contributed by atoms with Gasteiger partial charge in [0.25, 0.3) is 5.91 Å². The maximum atomic E-state index is 13.6. The Morgan fingerprint density at radius 2 is 1.85 bits per heavy atom. The van der Waals surface area contributed by atoms with Crippen molar-refractivity contribution in [2.45, 2.75) is 36.7 Å². The average molecular weight is 582 g/mol. The molecule has 0 fully saturated rings. The molecule has 3 aromatic carbocycles. The molecule has 1 atom stereocenters. The fourth-order valence-corrected chi connectivity index (χ4v) is 6.86. The van der Waals surface area contributed by atoms with Crippen LogP contribution in [0.1, 0.15) is 45.4 Å². The van der Waals surface area contributed by atoms with Gasteiger partial charge >= 0.3 is 0 Å². The monoisotopic (exact) mass is 581 g/mol. The second-order valence-corrected chi connectivity index (χ2v) is 12.3. The van der Waals surface area contributed by atoms with Crippen LogP contribution in [-0.2, 0) is 23.0 Å². The van der Waals surface area contributed by atoms with Gasteiger partial charge in [0.1, 0.15) is 10.8 Å². The summed E-state index contributed by atoms with van der Waals surface area (Å²) < 4.78 is 36.3. The number of aryl methyl sites for hydroxylation is 1. The van der Waals surface area contributed by atoms with Crippen molar-refractivity contribution in [2.75, 3.05) is 27.2 Å². The van der Waals surface area contributed by atoms with E-state index in [1.165, 1.54) is 28.4 Å². The van der Waals surface area contributed by atoms with Gasteiger partial charge < -0.3 is 21.1 Å². The van der Waals surface area contributed by atoms with Crippen molar-refractivity contribution in [1.29, 1.82) is 0 Å². The summed E-state index contributed by atoms with van der Waals surface area (Å²) in [5.41, 5.74) is 14.6. The standard InChI is InChI=1S/C29H35N5O4S2/c1-34(15-14-30)29(35)22-9-5-10-24(17-22)40(36,37)33-26(11-4-7-20-6-3-8-21(16-20)19-31)28-32-25-13-12-23(38-2)18-27(25)39-28/h3,5-6,8-10,12-13,16-18,26,33H,4,7,11,14-15,19,30-31H2,1-2H3. The van der Waals surface area contributed by atoms with Crippen LogP contribution in [0.15, 0.2) is 71.6 Å². The number of thiazole rings is 1. The molecule has 40 heavy (non-hydrogen) atoms. The number of ether oxygens (including phenoxy) is 1. The van der Waals surface area contributed by atoms with E-state index in [2.05, 4.69) is 10.8 Å². The first-order valence-electron chi connectivity index (χ1n) is 13.0. The molecule has 4 rings (SSSR count). The summed E-state index contributed by atoms with van der Waals surface area (Å²) in [6, 6.07) is 19.2. The summed E-state index contributed by atoms with van der Waals surface area (Å²) >= 11 is 1.43. The molecule has 0 aliphatic carbocycles. The van der Waals surface area contributed by atoms with Crippen molar-refractivity contribution in [3.05, 3.63) is 88.4 Å². The largest absolute Gasteiger partial charge is 0.497 e. The Kier molecular flexibility index (Phi) is 9.88. The van der Waals surface area contributed by atoms with E-state index in [-0.39, 0.29) is 16.4 Å². The summed E-state index contributed by atoms with van der Waals surface area (Å²) in [6.07, 6.45) is 2.02. The number of hydrogen-bond donors (Lipinski definition) is 3. The van der Waals surface area contributed by atoms with Crippen LogP contribution in [0.5, 0.6) is 5.75 Å². The molecule has 1 aromatic heterocycles. The predicted octanol–water partition coefficient (Wildman–Crippen LogP) is 3.84. The highest BCUT2D eigenvalue weighted by atomic mass is 32.2. The van der Waals surface area contributed by atoms with E-state index in [0.717, 1.165) is 34.2 Å². The maximum Gasteiger partial charge on any atom is 0.253 e. The number of carbonyl (C=O) groups excluding carboxylic acids is 1. The Balaban J connectivity index is 1.60. The molecule has 9 nitrogen and oxygen atoms in total. The van der Waals surface area contributed by atoms with Gasteiger partial charge in [0.2, 0.25) is 10.0 Å². The molecule has 0 spiro atoms. The molecule has 0 bridgehead atoms. The maximum absolute atomic E-state index is 13.6. The van der Waals surface area contributed by atoms with Crippen LogP contribution in [0.25, 0.3) is 10.2 Å². The number of rotatable bonds is 13. The zero-order valence-electron chi connectivity index (χ0n) is 22.7. The van der Waals surface area contributed by atoms with Crippen molar-refractivity contribution in [3.8, 4) is 5.75 Å². The number of methoxy groups -OCH3 is 1. The molecule has 1 unspecified atom stereocenters. The van der Waals surface area contributed by atoms with Gasteiger partial charge in [-0.1, -0.05) is 30.3 Å². The molecule has 0 saturated heterocycles. The number of fused-ring (bicyclic) bond motifs is 1. The lowest BCUT2D eigenvalue weighted by atomic mass is 10.0. The average Bonchev–Trinajstić information content (AvgIpc) is 3.40. The van der Waals surface area contributed by atoms with Gasteiger partial charge in [-0.05, 0) is 66.8 Å². The summed E-state index contributed by atoms with van der Waals surface area (Å²) in [4.78, 5) is 19.0. The van der Waals surface area contributed by atoms with E-state index in [1.807, 2.05) is 36.4 Å². The molecule has 212 valence electrons. The fourth-order valence-electron chi connectivity index (χ4n) is 4.42. The van der Waals surface area contributed by atoms with E-state index in [1.54, 1.807) is 26.3 Å². The number of nitrogens with two attached hydrogens (primary N) is 2.